The third-order valence-corrected chi connectivity index (χ3v) is 6.82. The van der Waals surface area contributed by atoms with Crippen molar-refractivity contribution in [1.82, 2.24) is 0 Å². The van der Waals surface area contributed by atoms with Crippen LogP contribution in [0.15, 0.2) is 84.2 Å². The summed E-state index contributed by atoms with van der Waals surface area (Å²) < 4.78 is 0. The predicted molar refractivity (Wildman–Crippen MR) is 128 cm³/mol. The molecule has 1 saturated carbocycles. The minimum Gasteiger partial charge on any atom is -0.851 e. The second kappa shape index (κ2) is 8.45. The number of anilines is 2. The Morgan fingerprint density at radius 2 is 1.06 bits per heavy atom. The number of likely N-dealkylation sites (N-methyl/N-ethyl adjacent to an activating group) is 2. The number of allylic oxidation sites excluding steroid dienone is 2. The SMILES string of the molecule is CCN1C(=CC2C([O-])C(C=C3C=Cc4ccccc4N3CC)C2[O-])C=Cc2ccccc21. The number of nitrogens with zero attached hydrogens (tertiary/aromatic N) is 2. The molecule has 5 rings (SSSR count). The Morgan fingerprint density at radius 3 is 1.47 bits per heavy atom. The molecule has 0 atom stereocenters. The van der Waals surface area contributed by atoms with Crippen molar-refractivity contribution in [3.8, 4) is 0 Å². The van der Waals surface area contributed by atoms with Gasteiger partial charge in [-0.1, -0.05) is 60.7 Å². The van der Waals surface area contributed by atoms with E-state index in [4.69, 9.17) is 0 Å². The van der Waals surface area contributed by atoms with Gasteiger partial charge in [-0.05, 0) is 61.1 Å². The van der Waals surface area contributed by atoms with E-state index < -0.39 is 24.0 Å². The average Bonchev–Trinajstić information content (AvgIpc) is 2.84. The van der Waals surface area contributed by atoms with Crippen molar-refractivity contribution in [3.05, 3.63) is 95.4 Å². The molecule has 4 heteroatoms. The first-order chi connectivity index (χ1) is 15.6. The summed E-state index contributed by atoms with van der Waals surface area (Å²) in [4.78, 5) is 4.36. The Hall–Kier alpha value is -3.08. The van der Waals surface area contributed by atoms with Crippen LogP contribution in [0.25, 0.3) is 12.2 Å². The van der Waals surface area contributed by atoms with Crippen LogP contribution in [-0.2, 0) is 0 Å². The van der Waals surface area contributed by atoms with Crippen LogP contribution in [0.2, 0.25) is 0 Å². The highest BCUT2D eigenvalue weighted by Gasteiger charge is 2.35. The van der Waals surface area contributed by atoms with Crippen molar-refractivity contribution in [2.45, 2.75) is 26.1 Å². The molecule has 2 aliphatic heterocycles. The predicted octanol–water partition coefficient (Wildman–Crippen LogP) is 3.56. The molecular formula is C28H28N2O2-2. The standard InChI is InChI=1S/C28H28N2O2/c1-3-29-21(15-13-19-9-5-7-11-25(19)29)17-23-27(31)24(28(23)32)18-22-16-14-20-10-6-8-12-26(20)30(22)4-2/h5-18,23-24,27-28H,3-4H2,1-2H3/q-2. The molecular weight excluding hydrogens is 396 g/mol. The van der Waals surface area contributed by atoms with E-state index in [0.717, 1.165) is 47.0 Å². The summed E-state index contributed by atoms with van der Waals surface area (Å²) in [6.07, 6.45) is 10.1. The van der Waals surface area contributed by atoms with E-state index in [9.17, 15) is 10.2 Å². The minimum absolute atomic E-state index is 0.509. The van der Waals surface area contributed by atoms with Crippen LogP contribution in [0.5, 0.6) is 0 Å². The fraction of sp³-hybridized carbons (Fsp3) is 0.286. The van der Waals surface area contributed by atoms with Crippen molar-refractivity contribution in [1.29, 1.82) is 0 Å². The fourth-order valence-electron chi connectivity index (χ4n) is 5.07. The molecule has 0 bridgehead atoms. The first kappa shape index (κ1) is 20.8. The zero-order chi connectivity index (χ0) is 22.2. The Kier molecular flexibility index (Phi) is 5.50. The highest BCUT2D eigenvalue weighted by Crippen LogP contribution is 2.39. The highest BCUT2D eigenvalue weighted by molar-refractivity contribution is 5.77. The molecule has 3 aliphatic rings. The average molecular weight is 425 g/mol. The molecule has 0 saturated heterocycles. The lowest BCUT2D eigenvalue weighted by molar-refractivity contribution is -0.550. The van der Waals surface area contributed by atoms with Gasteiger partial charge in [-0.3, -0.25) is 0 Å². The summed E-state index contributed by atoms with van der Waals surface area (Å²) in [5.41, 5.74) is 6.46. The Labute approximate surface area is 190 Å². The van der Waals surface area contributed by atoms with Gasteiger partial charge in [0.2, 0.25) is 0 Å². The quantitative estimate of drug-likeness (QED) is 0.753. The number of benzene rings is 2. The zero-order valence-corrected chi connectivity index (χ0v) is 18.5. The number of para-hydroxylation sites is 2. The lowest BCUT2D eigenvalue weighted by atomic mass is 9.68. The molecule has 1 aliphatic carbocycles. The van der Waals surface area contributed by atoms with Gasteiger partial charge in [-0.2, -0.15) is 0 Å². The van der Waals surface area contributed by atoms with Gasteiger partial charge < -0.3 is 20.0 Å². The second-order valence-corrected chi connectivity index (χ2v) is 8.54. The fourth-order valence-corrected chi connectivity index (χ4v) is 5.07. The van der Waals surface area contributed by atoms with Crippen LogP contribution in [0, 0.1) is 11.8 Å². The van der Waals surface area contributed by atoms with E-state index in [1.54, 1.807) is 0 Å². The summed E-state index contributed by atoms with van der Waals surface area (Å²) in [5.74, 6) is -1.02. The molecule has 0 amide bonds. The topological polar surface area (TPSA) is 52.6 Å². The van der Waals surface area contributed by atoms with Crippen molar-refractivity contribution >= 4 is 23.5 Å². The molecule has 0 radical (unpaired) electrons. The summed E-state index contributed by atoms with van der Waals surface area (Å²) >= 11 is 0. The van der Waals surface area contributed by atoms with E-state index in [2.05, 4.69) is 60.1 Å². The molecule has 164 valence electrons. The van der Waals surface area contributed by atoms with Crippen LogP contribution in [-0.4, -0.2) is 25.3 Å². The minimum atomic E-state index is -0.925. The van der Waals surface area contributed by atoms with Crippen molar-refractivity contribution in [2.75, 3.05) is 22.9 Å². The summed E-state index contributed by atoms with van der Waals surface area (Å²) in [5, 5.41) is 26.2. The van der Waals surface area contributed by atoms with Crippen LogP contribution in [0.3, 0.4) is 0 Å². The molecule has 0 spiro atoms. The molecule has 2 heterocycles. The third kappa shape index (κ3) is 3.40. The van der Waals surface area contributed by atoms with Gasteiger partial charge in [0.1, 0.15) is 0 Å². The van der Waals surface area contributed by atoms with Crippen molar-refractivity contribution < 1.29 is 10.2 Å². The zero-order valence-electron chi connectivity index (χ0n) is 18.5. The molecule has 2 aromatic rings. The van der Waals surface area contributed by atoms with Crippen molar-refractivity contribution in [3.63, 3.8) is 0 Å². The summed E-state index contributed by atoms with van der Waals surface area (Å²) in [7, 11) is 0. The Balaban J connectivity index is 1.38. The van der Waals surface area contributed by atoms with E-state index in [1.807, 2.05) is 48.6 Å². The first-order valence-electron chi connectivity index (χ1n) is 11.5. The normalized spacial score (nSPS) is 28.6. The van der Waals surface area contributed by atoms with Gasteiger partial charge in [0.15, 0.2) is 0 Å². The van der Waals surface area contributed by atoms with Crippen LogP contribution < -0.4 is 20.0 Å². The highest BCUT2D eigenvalue weighted by atomic mass is 16.3. The molecule has 0 N–H and O–H groups in total. The second-order valence-electron chi connectivity index (χ2n) is 8.54. The Bertz CT molecular complexity index is 1030. The van der Waals surface area contributed by atoms with Crippen LogP contribution >= 0.6 is 0 Å². The first-order valence-corrected chi connectivity index (χ1v) is 11.5. The molecule has 0 unspecified atom stereocenters. The van der Waals surface area contributed by atoms with E-state index in [-0.39, 0.29) is 0 Å². The monoisotopic (exact) mass is 424 g/mol. The smallest absolute Gasteiger partial charge is 0.0484 e. The van der Waals surface area contributed by atoms with Crippen LogP contribution in [0.4, 0.5) is 11.4 Å². The molecule has 1 fully saturated rings. The Morgan fingerprint density at radius 1 is 0.656 bits per heavy atom. The lowest BCUT2D eigenvalue weighted by Crippen LogP contribution is -2.66. The number of hydrogen-bond acceptors (Lipinski definition) is 4. The number of fused-ring (bicyclic) bond motifs is 2. The summed E-state index contributed by atoms with van der Waals surface area (Å²) in [6.45, 7) is 5.76. The van der Waals surface area contributed by atoms with Gasteiger partial charge in [0.05, 0.1) is 0 Å². The van der Waals surface area contributed by atoms with Gasteiger partial charge >= 0.3 is 0 Å². The molecule has 0 aromatic heterocycles. The largest absolute Gasteiger partial charge is 0.851 e. The van der Waals surface area contributed by atoms with Gasteiger partial charge in [-0.25, -0.2) is 0 Å². The molecule has 4 nitrogen and oxygen atoms in total. The lowest BCUT2D eigenvalue weighted by Gasteiger charge is -2.60. The van der Waals surface area contributed by atoms with E-state index in [1.165, 1.54) is 0 Å². The summed E-state index contributed by atoms with van der Waals surface area (Å²) in [6, 6.07) is 16.4. The van der Waals surface area contributed by atoms with E-state index >= 15 is 0 Å². The van der Waals surface area contributed by atoms with Gasteiger partial charge in [0.25, 0.3) is 0 Å². The molecule has 32 heavy (non-hydrogen) atoms. The maximum Gasteiger partial charge on any atom is 0.0484 e. The molecule has 2 aromatic carbocycles. The van der Waals surface area contributed by atoms with E-state index in [0.29, 0.717) is 0 Å². The third-order valence-electron chi connectivity index (χ3n) is 6.82. The van der Waals surface area contributed by atoms with Crippen molar-refractivity contribution in [2.24, 2.45) is 11.8 Å². The van der Waals surface area contributed by atoms with Gasteiger partial charge in [-0.15, -0.1) is 12.2 Å². The maximum atomic E-state index is 13.1. The number of hydrogen-bond donors (Lipinski definition) is 0. The van der Waals surface area contributed by atoms with Crippen LogP contribution in [0.1, 0.15) is 25.0 Å². The maximum absolute atomic E-state index is 13.1. The number of rotatable bonds is 4. The van der Waals surface area contributed by atoms with Gasteiger partial charge in [0, 0.05) is 35.9 Å².